The minimum atomic E-state index is -0.704. The van der Waals surface area contributed by atoms with Crippen LogP contribution < -0.4 is 10.1 Å². The summed E-state index contributed by atoms with van der Waals surface area (Å²) in [5.41, 5.74) is -0.0558. The molecule has 2 aromatic carbocycles. The van der Waals surface area contributed by atoms with Gasteiger partial charge in [0.15, 0.2) is 5.76 Å². The van der Waals surface area contributed by atoms with Gasteiger partial charge in [-0.25, -0.2) is 0 Å². The molecule has 1 N–H and O–H groups in total. The van der Waals surface area contributed by atoms with Crippen molar-refractivity contribution >= 4 is 23.0 Å². The van der Waals surface area contributed by atoms with Gasteiger partial charge in [0.05, 0.1) is 23.0 Å². The molecule has 0 unspecified atom stereocenters. The molecule has 3 rings (SSSR count). The zero-order chi connectivity index (χ0) is 20.3. The van der Waals surface area contributed by atoms with E-state index in [-0.39, 0.29) is 34.3 Å². The van der Waals surface area contributed by atoms with E-state index in [1.807, 2.05) is 0 Å². The van der Waals surface area contributed by atoms with E-state index in [9.17, 15) is 25.0 Å². The largest absolute Gasteiger partial charge is 0.496 e. The van der Waals surface area contributed by atoms with E-state index in [0.717, 1.165) is 0 Å². The molecule has 0 saturated carbocycles. The number of nitro benzene ring substituents is 2. The summed E-state index contributed by atoms with van der Waals surface area (Å²) in [5, 5.41) is 24.5. The number of ether oxygens (including phenoxy) is 1. The number of carbonyl (C=O) groups is 1. The third-order valence-corrected chi connectivity index (χ3v) is 3.82. The molecule has 0 spiro atoms. The molecular weight excluding hydrogens is 370 g/mol. The number of anilines is 1. The van der Waals surface area contributed by atoms with Crippen molar-refractivity contribution in [3.63, 3.8) is 0 Å². The van der Waals surface area contributed by atoms with Crippen LogP contribution in [0.4, 0.5) is 17.1 Å². The van der Waals surface area contributed by atoms with Crippen LogP contribution >= 0.6 is 0 Å². The van der Waals surface area contributed by atoms with E-state index < -0.39 is 15.8 Å². The summed E-state index contributed by atoms with van der Waals surface area (Å²) in [6.07, 6.45) is 0. The van der Waals surface area contributed by atoms with Gasteiger partial charge in [-0.1, -0.05) is 12.1 Å². The van der Waals surface area contributed by atoms with E-state index in [0.29, 0.717) is 5.56 Å². The van der Waals surface area contributed by atoms with Crippen LogP contribution in [0.2, 0.25) is 0 Å². The standard InChI is InChI=1S/C18H13N3O7/c1-27-13-5-6-14(15(10-13)21(25)26)19-18(22)17-8-7-16(28-17)11-3-2-4-12(9-11)20(23)24/h2-10H,1H3,(H,19,22). The first kappa shape index (κ1) is 18.6. The average Bonchev–Trinajstić information content (AvgIpc) is 3.18. The number of carbonyl (C=O) groups excluding carboxylic acids is 1. The second kappa shape index (κ2) is 7.58. The number of furan rings is 1. The maximum absolute atomic E-state index is 12.4. The number of nitro groups is 2. The minimum Gasteiger partial charge on any atom is -0.496 e. The normalized spacial score (nSPS) is 10.3. The quantitative estimate of drug-likeness (QED) is 0.501. The number of methoxy groups -OCH3 is 1. The summed E-state index contributed by atoms with van der Waals surface area (Å²) < 4.78 is 10.4. The molecule has 0 bridgehead atoms. The Kier molecular flexibility index (Phi) is 5.03. The molecular formula is C18H13N3O7. The highest BCUT2D eigenvalue weighted by molar-refractivity contribution is 6.03. The predicted molar refractivity (Wildman–Crippen MR) is 98.4 cm³/mol. The topological polar surface area (TPSA) is 138 Å². The number of nitrogens with zero attached hydrogens (tertiary/aromatic N) is 2. The molecule has 1 heterocycles. The molecule has 0 radical (unpaired) electrons. The van der Waals surface area contributed by atoms with Crippen molar-refractivity contribution in [3.8, 4) is 17.1 Å². The highest BCUT2D eigenvalue weighted by Crippen LogP contribution is 2.30. The first-order chi connectivity index (χ1) is 13.4. The lowest BCUT2D eigenvalue weighted by atomic mass is 10.1. The van der Waals surface area contributed by atoms with Crippen LogP contribution in [0.15, 0.2) is 59.0 Å². The third kappa shape index (κ3) is 3.80. The number of rotatable bonds is 6. The Labute approximate surface area is 157 Å². The molecule has 142 valence electrons. The van der Waals surface area contributed by atoms with Gasteiger partial charge in [0, 0.05) is 17.7 Å². The lowest BCUT2D eigenvalue weighted by molar-refractivity contribution is -0.384. The molecule has 10 heteroatoms. The van der Waals surface area contributed by atoms with Crippen molar-refractivity contribution in [2.75, 3.05) is 12.4 Å². The second-order valence-electron chi connectivity index (χ2n) is 5.57. The molecule has 1 amide bonds. The molecule has 0 fully saturated rings. The highest BCUT2D eigenvalue weighted by atomic mass is 16.6. The number of amides is 1. The third-order valence-electron chi connectivity index (χ3n) is 3.82. The molecule has 0 saturated heterocycles. The van der Waals surface area contributed by atoms with Gasteiger partial charge in [-0.05, 0) is 24.3 Å². The Morgan fingerprint density at radius 1 is 1.04 bits per heavy atom. The lowest BCUT2D eigenvalue weighted by Gasteiger charge is -2.06. The Morgan fingerprint density at radius 3 is 2.50 bits per heavy atom. The maximum atomic E-state index is 12.4. The fourth-order valence-electron chi connectivity index (χ4n) is 2.47. The second-order valence-corrected chi connectivity index (χ2v) is 5.57. The molecule has 0 atom stereocenters. The van der Waals surface area contributed by atoms with Crippen LogP contribution in [0.5, 0.6) is 5.75 Å². The van der Waals surface area contributed by atoms with Gasteiger partial charge < -0.3 is 14.5 Å². The zero-order valence-corrected chi connectivity index (χ0v) is 14.4. The molecule has 1 aromatic heterocycles. The van der Waals surface area contributed by atoms with Gasteiger partial charge >= 0.3 is 0 Å². The minimum absolute atomic E-state index is 0.0240. The van der Waals surface area contributed by atoms with Crippen LogP contribution in [-0.2, 0) is 0 Å². The van der Waals surface area contributed by atoms with Crippen LogP contribution in [0.25, 0.3) is 11.3 Å². The maximum Gasteiger partial charge on any atom is 0.296 e. The van der Waals surface area contributed by atoms with E-state index in [4.69, 9.17) is 9.15 Å². The van der Waals surface area contributed by atoms with Crippen molar-refractivity contribution in [2.45, 2.75) is 0 Å². The summed E-state index contributed by atoms with van der Waals surface area (Å²) in [6.45, 7) is 0. The van der Waals surface area contributed by atoms with Crippen molar-refractivity contribution in [3.05, 3.63) is 80.6 Å². The van der Waals surface area contributed by atoms with Gasteiger partial charge in [0.25, 0.3) is 17.3 Å². The number of non-ortho nitro benzene ring substituents is 1. The zero-order valence-electron chi connectivity index (χ0n) is 14.4. The first-order valence-corrected chi connectivity index (χ1v) is 7.87. The van der Waals surface area contributed by atoms with Crippen LogP contribution in [-0.4, -0.2) is 22.9 Å². The summed E-state index contributed by atoms with van der Waals surface area (Å²) in [5.74, 6) is -0.287. The van der Waals surface area contributed by atoms with E-state index in [1.165, 1.54) is 55.6 Å². The van der Waals surface area contributed by atoms with Crippen LogP contribution in [0.3, 0.4) is 0 Å². The molecule has 0 aliphatic carbocycles. The van der Waals surface area contributed by atoms with E-state index >= 15 is 0 Å². The molecule has 0 aliphatic rings. The van der Waals surface area contributed by atoms with Gasteiger partial charge in [-0.15, -0.1) is 0 Å². The summed E-state index contributed by atoms with van der Waals surface area (Å²) in [6, 6.07) is 12.6. The van der Waals surface area contributed by atoms with Crippen molar-refractivity contribution in [1.82, 2.24) is 0 Å². The molecule has 0 aliphatic heterocycles. The van der Waals surface area contributed by atoms with Crippen molar-refractivity contribution < 1.29 is 23.8 Å². The Bertz CT molecular complexity index is 1070. The SMILES string of the molecule is COc1ccc(NC(=O)c2ccc(-c3cccc([N+](=O)[O-])c3)o2)c([N+](=O)[O-])c1. The van der Waals surface area contributed by atoms with Gasteiger partial charge in [-0.2, -0.15) is 0 Å². The molecule has 28 heavy (non-hydrogen) atoms. The number of benzene rings is 2. The summed E-state index contributed by atoms with van der Waals surface area (Å²) in [4.78, 5) is 33.3. The predicted octanol–water partition coefficient (Wildman–Crippen LogP) is 4.02. The highest BCUT2D eigenvalue weighted by Gasteiger charge is 2.20. The Morgan fingerprint density at radius 2 is 1.82 bits per heavy atom. The first-order valence-electron chi connectivity index (χ1n) is 7.87. The van der Waals surface area contributed by atoms with Crippen molar-refractivity contribution in [2.24, 2.45) is 0 Å². The van der Waals surface area contributed by atoms with Gasteiger partial charge in [-0.3, -0.25) is 25.0 Å². The monoisotopic (exact) mass is 383 g/mol. The fourth-order valence-corrected chi connectivity index (χ4v) is 2.47. The van der Waals surface area contributed by atoms with E-state index in [1.54, 1.807) is 6.07 Å². The van der Waals surface area contributed by atoms with Crippen LogP contribution in [0.1, 0.15) is 10.6 Å². The van der Waals surface area contributed by atoms with Crippen molar-refractivity contribution in [1.29, 1.82) is 0 Å². The summed E-state index contributed by atoms with van der Waals surface area (Å²) in [7, 11) is 1.37. The molecule has 10 nitrogen and oxygen atoms in total. The Hall–Kier alpha value is -4.21. The number of hydrogen-bond donors (Lipinski definition) is 1. The summed E-state index contributed by atoms with van der Waals surface area (Å²) >= 11 is 0. The van der Waals surface area contributed by atoms with Crippen LogP contribution in [0, 0.1) is 20.2 Å². The fraction of sp³-hybridized carbons (Fsp3) is 0.0556. The Balaban J connectivity index is 1.85. The smallest absolute Gasteiger partial charge is 0.296 e. The number of nitrogens with one attached hydrogen (secondary N) is 1. The van der Waals surface area contributed by atoms with Gasteiger partial charge in [0.1, 0.15) is 17.2 Å². The average molecular weight is 383 g/mol. The number of hydrogen-bond acceptors (Lipinski definition) is 7. The van der Waals surface area contributed by atoms with E-state index in [2.05, 4.69) is 5.32 Å². The van der Waals surface area contributed by atoms with Gasteiger partial charge in [0.2, 0.25) is 0 Å². The molecule has 3 aromatic rings. The lowest BCUT2D eigenvalue weighted by Crippen LogP contribution is -2.12.